The number of fused-ring (bicyclic) bond motifs is 4. The van der Waals surface area contributed by atoms with Gasteiger partial charge >= 0.3 is 11.9 Å². The molecule has 1 aliphatic rings. The maximum absolute atomic E-state index is 11.4. The van der Waals surface area contributed by atoms with Crippen LogP contribution in [-0.2, 0) is 24.5 Å². The first-order chi connectivity index (χ1) is 23.0. The third-order valence-corrected chi connectivity index (χ3v) is 8.31. The molecule has 1 aliphatic carbocycles. The summed E-state index contributed by atoms with van der Waals surface area (Å²) in [6.45, 7) is 7.51. The maximum atomic E-state index is 11.4. The lowest BCUT2D eigenvalue weighted by Gasteiger charge is -2.34. The van der Waals surface area contributed by atoms with Crippen molar-refractivity contribution in [1.29, 1.82) is 0 Å². The lowest BCUT2D eigenvalue weighted by atomic mass is 9.67. The fraction of sp³-hybridized carbons (Fsp3) is 0.150. The van der Waals surface area contributed by atoms with Crippen molar-refractivity contribution in [3.8, 4) is 28.4 Å². The molecule has 0 saturated heterocycles. The zero-order valence-electron chi connectivity index (χ0n) is 26.1. The van der Waals surface area contributed by atoms with Gasteiger partial charge in [0.25, 0.3) is 0 Å². The van der Waals surface area contributed by atoms with E-state index in [0.717, 1.165) is 62.1 Å². The van der Waals surface area contributed by atoms with Crippen LogP contribution in [0.15, 0.2) is 128 Å². The molecule has 0 N–H and O–H groups in total. The maximum Gasteiger partial charge on any atom is 0.330 e. The molecule has 0 unspecified atom stereocenters. The van der Waals surface area contributed by atoms with Crippen molar-refractivity contribution < 1.29 is 33.3 Å². The van der Waals surface area contributed by atoms with Gasteiger partial charge in [0.2, 0.25) is 0 Å². The Hall–Kier alpha value is -5.82. The molecule has 0 bridgehead atoms. The fourth-order valence-corrected chi connectivity index (χ4v) is 6.23. The molecule has 5 aromatic rings. The molecule has 0 amide bonds. The smallest absolute Gasteiger partial charge is 0.330 e. The van der Waals surface area contributed by atoms with E-state index in [1.165, 1.54) is 0 Å². The van der Waals surface area contributed by atoms with Crippen LogP contribution in [0.5, 0.6) is 17.2 Å². The highest BCUT2D eigenvalue weighted by Crippen LogP contribution is 2.57. The van der Waals surface area contributed by atoms with Gasteiger partial charge in [-0.2, -0.15) is 0 Å². The summed E-state index contributed by atoms with van der Waals surface area (Å²) in [6, 6.07) is 35.3. The van der Waals surface area contributed by atoms with Gasteiger partial charge in [-0.1, -0.05) is 67.8 Å². The zero-order chi connectivity index (χ0) is 32.8. The number of carbonyl (C=O) groups excluding carboxylic acids is 2. The quantitative estimate of drug-likeness (QED) is 0.0750. The van der Waals surface area contributed by atoms with E-state index in [-0.39, 0.29) is 26.4 Å². The first-order valence-corrected chi connectivity index (χ1v) is 15.2. The monoisotopic (exact) mass is 626 g/mol. The topological polar surface area (TPSA) is 80.3 Å². The van der Waals surface area contributed by atoms with E-state index < -0.39 is 17.4 Å². The fourth-order valence-electron chi connectivity index (χ4n) is 6.23. The van der Waals surface area contributed by atoms with E-state index in [0.29, 0.717) is 11.5 Å². The predicted octanol–water partition coefficient (Wildman–Crippen LogP) is 7.43. The Balaban J connectivity index is 1.45. The minimum absolute atomic E-state index is 0.120. The Morgan fingerprint density at radius 1 is 0.596 bits per heavy atom. The highest BCUT2D eigenvalue weighted by molar-refractivity contribution is 5.96. The minimum Gasteiger partial charge on any atom is -0.497 e. The van der Waals surface area contributed by atoms with Crippen LogP contribution < -0.4 is 14.2 Å². The lowest BCUT2D eigenvalue weighted by molar-refractivity contribution is -0.139. The van der Waals surface area contributed by atoms with Crippen molar-refractivity contribution in [3.05, 3.63) is 151 Å². The molecule has 0 saturated carbocycles. The number of hydrogen-bond acceptors (Lipinski definition) is 7. The van der Waals surface area contributed by atoms with Crippen LogP contribution in [0.25, 0.3) is 21.9 Å². The van der Waals surface area contributed by atoms with Crippen LogP contribution in [0, 0.1) is 0 Å². The van der Waals surface area contributed by atoms with E-state index in [9.17, 15) is 9.59 Å². The predicted molar refractivity (Wildman–Crippen MR) is 181 cm³/mol. The molecule has 6 rings (SSSR count). The van der Waals surface area contributed by atoms with Gasteiger partial charge in [0.1, 0.15) is 43.7 Å². The molecule has 7 heteroatoms. The number of rotatable bonds is 13. The van der Waals surface area contributed by atoms with Gasteiger partial charge in [0, 0.05) is 12.2 Å². The molecule has 5 aromatic carbocycles. The van der Waals surface area contributed by atoms with Crippen LogP contribution in [0.3, 0.4) is 0 Å². The SMILES string of the molecule is C=CC(=O)OCCOc1ccc(C2(c3ccc(OCCOC(=O)C=C)cc3)c3cc(OC)ccc3-c3cc4ccccc4cc32)cc1. The molecule has 0 heterocycles. The van der Waals surface area contributed by atoms with Gasteiger partial charge in [-0.15, -0.1) is 0 Å². The average molecular weight is 627 g/mol. The molecule has 0 aromatic heterocycles. The third kappa shape index (κ3) is 6.08. The Morgan fingerprint density at radius 3 is 1.60 bits per heavy atom. The molecule has 47 heavy (non-hydrogen) atoms. The standard InChI is InChI=1S/C40H34O7/c1-4-38(41)46-22-20-44-31-14-10-29(11-15-31)40(30-12-16-32(17-13-30)45-21-23-47-39(42)5-2)36-25-28-9-7-6-8-27(28)24-35(36)34-19-18-33(43-3)26-37(34)40/h4-19,24-26H,1-2,20-23H2,3H3. The summed E-state index contributed by atoms with van der Waals surface area (Å²) in [6.07, 6.45) is 2.26. The zero-order valence-corrected chi connectivity index (χ0v) is 26.1. The van der Waals surface area contributed by atoms with Crippen LogP contribution in [0.1, 0.15) is 22.3 Å². The number of methoxy groups -OCH3 is 1. The largest absolute Gasteiger partial charge is 0.497 e. The van der Waals surface area contributed by atoms with Crippen molar-refractivity contribution in [3.63, 3.8) is 0 Å². The molecular formula is C40H34O7. The van der Waals surface area contributed by atoms with Crippen molar-refractivity contribution in [2.24, 2.45) is 0 Å². The van der Waals surface area contributed by atoms with Gasteiger partial charge in [-0.25, -0.2) is 9.59 Å². The van der Waals surface area contributed by atoms with Crippen molar-refractivity contribution in [2.75, 3.05) is 33.5 Å². The Morgan fingerprint density at radius 2 is 1.09 bits per heavy atom. The second-order valence-corrected chi connectivity index (χ2v) is 10.9. The van der Waals surface area contributed by atoms with Crippen LogP contribution in [-0.4, -0.2) is 45.5 Å². The van der Waals surface area contributed by atoms with Crippen LogP contribution in [0.4, 0.5) is 0 Å². The van der Waals surface area contributed by atoms with Crippen molar-refractivity contribution >= 4 is 22.7 Å². The number of hydrogen-bond donors (Lipinski definition) is 0. The second kappa shape index (κ2) is 13.7. The molecule has 0 aliphatic heterocycles. The Labute approximate surface area is 273 Å². The molecular weight excluding hydrogens is 592 g/mol. The summed E-state index contributed by atoms with van der Waals surface area (Å²) in [5.74, 6) is 1.09. The number of esters is 2. The summed E-state index contributed by atoms with van der Waals surface area (Å²) < 4.78 is 27.6. The van der Waals surface area contributed by atoms with Gasteiger partial charge in [-0.3, -0.25) is 0 Å². The van der Waals surface area contributed by atoms with Gasteiger partial charge in [-0.05, 0) is 92.7 Å². The van der Waals surface area contributed by atoms with Gasteiger partial charge in [0.15, 0.2) is 0 Å². The summed E-state index contributed by atoms with van der Waals surface area (Å²) >= 11 is 0. The third-order valence-electron chi connectivity index (χ3n) is 8.31. The summed E-state index contributed by atoms with van der Waals surface area (Å²) in [5.41, 5.74) is 5.88. The van der Waals surface area contributed by atoms with Crippen molar-refractivity contribution in [1.82, 2.24) is 0 Å². The normalized spacial score (nSPS) is 12.4. The lowest BCUT2D eigenvalue weighted by Crippen LogP contribution is -2.28. The van der Waals surface area contributed by atoms with Crippen LogP contribution >= 0.6 is 0 Å². The van der Waals surface area contributed by atoms with Crippen molar-refractivity contribution in [2.45, 2.75) is 5.41 Å². The van der Waals surface area contributed by atoms with Gasteiger partial charge in [0.05, 0.1) is 12.5 Å². The van der Waals surface area contributed by atoms with E-state index in [2.05, 4.69) is 86.0 Å². The van der Waals surface area contributed by atoms with E-state index in [1.807, 2.05) is 30.3 Å². The van der Waals surface area contributed by atoms with E-state index >= 15 is 0 Å². The summed E-state index contributed by atoms with van der Waals surface area (Å²) in [5, 5.41) is 2.30. The highest BCUT2D eigenvalue weighted by Gasteiger charge is 2.46. The summed E-state index contributed by atoms with van der Waals surface area (Å²) in [7, 11) is 1.68. The minimum atomic E-state index is -0.709. The van der Waals surface area contributed by atoms with Crippen LogP contribution in [0.2, 0.25) is 0 Å². The number of ether oxygens (including phenoxy) is 5. The second-order valence-electron chi connectivity index (χ2n) is 10.9. The van der Waals surface area contributed by atoms with E-state index in [4.69, 9.17) is 23.7 Å². The first-order valence-electron chi connectivity index (χ1n) is 15.2. The van der Waals surface area contributed by atoms with E-state index in [1.54, 1.807) is 7.11 Å². The number of benzene rings is 5. The molecule has 236 valence electrons. The molecule has 0 radical (unpaired) electrons. The number of carbonyl (C=O) groups is 2. The first kappa shape index (κ1) is 31.2. The molecule has 0 fully saturated rings. The molecule has 7 nitrogen and oxygen atoms in total. The Kier molecular flexibility index (Phi) is 9.06. The molecule has 0 spiro atoms. The summed E-state index contributed by atoms with van der Waals surface area (Å²) in [4.78, 5) is 22.8. The average Bonchev–Trinajstić information content (AvgIpc) is 3.40. The highest BCUT2D eigenvalue weighted by atomic mass is 16.6. The van der Waals surface area contributed by atoms with Gasteiger partial charge < -0.3 is 23.7 Å². The molecule has 0 atom stereocenters. The Bertz CT molecular complexity index is 1870.